The maximum absolute atomic E-state index is 12.4. The van der Waals surface area contributed by atoms with Crippen LogP contribution >= 0.6 is 0 Å². The summed E-state index contributed by atoms with van der Waals surface area (Å²) in [6, 6.07) is 10.4. The molecule has 24 heavy (non-hydrogen) atoms. The molecule has 1 amide bonds. The highest BCUT2D eigenvalue weighted by Crippen LogP contribution is 2.30. The Labute approximate surface area is 140 Å². The van der Waals surface area contributed by atoms with E-state index in [-0.39, 0.29) is 11.9 Å². The first kappa shape index (κ1) is 17.3. The van der Waals surface area contributed by atoms with Gasteiger partial charge in [-0.25, -0.2) is 0 Å². The van der Waals surface area contributed by atoms with Crippen LogP contribution < -0.4 is 0 Å². The lowest BCUT2D eigenvalue weighted by atomic mass is 9.94. The minimum Gasteiger partial charge on any atom is -0.341 e. The second-order valence-corrected chi connectivity index (χ2v) is 6.93. The molecule has 1 aromatic carbocycles. The molecule has 0 unspecified atom stereocenters. The highest BCUT2D eigenvalue weighted by Gasteiger charge is 2.37. The summed E-state index contributed by atoms with van der Waals surface area (Å²) in [5.74, 6) is 0.00749. The molecule has 3 nitrogen and oxygen atoms in total. The summed E-state index contributed by atoms with van der Waals surface area (Å²) >= 11 is 0. The van der Waals surface area contributed by atoms with E-state index < -0.39 is 19.0 Å². The van der Waals surface area contributed by atoms with Crippen molar-refractivity contribution in [1.29, 1.82) is 0 Å². The molecule has 0 N–H and O–H groups in total. The van der Waals surface area contributed by atoms with Gasteiger partial charge in [0, 0.05) is 38.6 Å². The molecule has 0 saturated carbocycles. The number of rotatable bonds is 4. The quantitative estimate of drug-likeness (QED) is 0.838. The summed E-state index contributed by atoms with van der Waals surface area (Å²) in [4.78, 5) is 16.2. The number of amides is 1. The average molecular weight is 340 g/mol. The van der Waals surface area contributed by atoms with Crippen LogP contribution in [0.1, 0.15) is 31.2 Å². The highest BCUT2D eigenvalue weighted by molar-refractivity contribution is 5.76. The van der Waals surface area contributed by atoms with Gasteiger partial charge in [0.2, 0.25) is 5.91 Å². The maximum Gasteiger partial charge on any atom is 0.389 e. The van der Waals surface area contributed by atoms with Crippen LogP contribution in [0, 0.1) is 5.92 Å². The maximum atomic E-state index is 12.4. The second-order valence-electron chi connectivity index (χ2n) is 6.93. The van der Waals surface area contributed by atoms with E-state index in [1.54, 1.807) is 4.90 Å². The zero-order chi connectivity index (χ0) is 17.2. The zero-order valence-electron chi connectivity index (χ0n) is 13.6. The van der Waals surface area contributed by atoms with Crippen LogP contribution in [0.4, 0.5) is 13.2 Å². The normalized spacial score (nSPS) is 24.9. The van der Waals surface area contributed by atoms with E-state index in [9.17, 15) is 18.0 Å². The Morgan fingerprint density at radius 3 is 2.54 bits per heavy atom. The zero-order valence-corrected chi connectivity index (χ0v) is 13.6. The molecule has 3 aliphatic rings. The largest absolute Gasteiger partial charge is 0.389 e. The van der Waals surface area contributed by atoms with Crippen LogP contribution in [0.3, 0.4) is 0 Å². The SMILES string of the molecule is O=C(CCC(F)(F)F)N1C[C@@H]2CC[C@H](C1)N(Cc1ccccc1)C2. The molecule has 0 aliphatic carbocycles. The fraction of sp³-hybridized carbons (Fsp3) is 0.611. The number of carbonyl (C=O) groups excluding carboxylic acids is 1. The first-order valence-corrected chi connectivity index (χ1v) is 8.53. The Bertz CT molecular complexity index is 561. The lowest BCUT2D eigenvalue weighted by Gasteiger charge is -2.36. The summed E-state index contributed by atoms with van der Waals surface area (Å²) in [6.07, 6.45) is -3.65. The van der Waals surface area contributed by atoms with Gasteiger partial charge in [-0.15, -0.1) is 0 Å². The van der Waals surface area contributed by atoms with Gasteiger partial charge >= 0.3 is 6.18 Å². The molecule has 2 bridgehead atoms. The summed E-state index contributed by atoms with van der Waals surface area (Å²) in [6.45, 7) is 2.91. The minimum absolute atomic E-state index is 0.249. The third-order valence-electron chi connectivity index (χ3n) is 5.03. The Hall–Kier alpha value is -1.56. The number of alkyl halides is 3. The molecule has 3 fully saturated rings. The van der Waals surface area contributed by atoms with E-state index in [0.29, 0.717) is 19.0 Å². The molecule has 132 valence electrons. The predicted molar refractivity (Wildman–Crippen MR) is 85.2 cm³/mol. The van der Waals surface area contributed by atoms with Crippen molar-refractivity contribution in [2.75, 3.05) is 19.6 Å². The molecule has 6 heteroatoms. The van der Waals surface area contributed by atoms with Gasteiger partial charge < -0.3 is 4.90 Å². The molecule has 3 aliphatic heterocycles. The van der Waals surface area contributed by atoms with Gasteiger partial charge in [-0.1, -0.05) is 30.3 Å². The van der Waals surface area contributed by atoms with Gasteiger partial charge in [0.05, 0.1) is 6.42 Å². The monoisotopic (exact) mass is 340 g/mol. The van der Waals surface area contributed by atoms with Crippen molar-refractivity contribution in [3.05, 3.63) is 35.9 Å². The van der Waals surface area contributed by atoms with Crippen molar-refractivity contribution in [3.8, 4) is 0 Å². The smallest absolute Gasteiger partial charge is 0.341 e. The number of carbonyl (C=O) groups is 1. The summed E-state index contributed by atoms with van der Waals surface area (Å²) in [5, 5.41) is 0. The van der Waals surface area contributed by atoms with Gasteiger partial charge in [0.1, 0.15) is 0 Å². The molecule has 1 aromatic rings. The number of fused-ring (bicyclic) bond motifs is 4. The van der Waals surface area contributed by atoms with Gasteiger partial charge in [0.25, 0.3) is 0 Å². The second kappa shape index (κ2) is 7.13. The number of benzene rings is 1. The van der Waals surface area contributed by atoms with E-state index in [0.717, 1.165) is 25.9 Å². The molecule has 3 heterocycles. The molecule has 2 atom stereocenters. The van der Waals surface area contributed by atoms with Crippen molar-refractivity contribution in [2.24, 2.45) is 5.92 Å². The molecule has 0 radical (unpaired) electrons. The molecule has 0 aromatic heterocycles. The lowest BCUT2D eigenvalue weighted by Crippen LogP contribution is -2.44. The Balaban J connectivity index is 1.61. The molecule has 3 saturated heterocycles. The van der Waals surface area contributed by atoms with Crippen LogP contribution in [-0.2, 0) is 11.3 Å². The molecular formula is C18H23F3N2O. The van der Waals surface area contributed by atoms with Crippen LogP contribution in [0.2, 0.25) is 0 Å². The van der Waals surface area contributed by atoms with Crippen LogP contribution in [0.25, 0.3) is 0 Å². The topological polar surface area (TPSA) is 23.6 Å². The van der Waals surface area contributed by atoms with Crippen LogP contribution in [0.15, 0.2) is 30.3 Å². The lowest BCUT2D eigenvalue weighted by molar-refractivity contribution is -0.149. The fourth-order valence-corrected chi connectivity index (χ4v) is 3.80. The van der Waals surface area contributed by atoms with Gasteiger partial charge in [-0.05, 0) is 24.3 Å². The minimum atomic E-state index is -4.26. The van der Waals surface area contributed by atoms with E-state index in [1.165, 1.54) is 5.56 Å². The first-order valence-electron chi connectivity index (χ1n) is 8.53. The molecule has 4 rings (SSSR count). The van der Waals surface area contributed by atoms with Crippen molar-refractivity contribution >= 4 is 5.91 Å². The fourth-order valence-electron chi connectivity index (χ4n) is 3.80. The van der Waals surface area contributed by atoms with E-state index in [4.69, 9.17) is 0 Å². The van der Waals surface area contributed by atoms with Gasteiger partial charge in [-0.2, -0.15) is 13.2 Å². The van der Waals surface area contributed by atoms with Crippen molar-refractivity contribution < 1.29 is 18.0 Å². The molecular weight excluding hydrogens is 317 g/mol. The van der Waals surface area contributed by atoms with E-state index >= 15 is 0 Å². The Kier molecular flexibility index (Phi) is 5.13. The van der Waals surface area contributed by atoms with Crippen molar-refractivity contribution in [3.63, 3.8) is 0 Å². The first-order chi connectivity index (χ1) is 11.4. The standard InChI is InChI=1S/C18H23F3N2O/c19-18(20,21)9-8-17(24)23-12-15-6-7-16(13-23)22(11-15)10-14-4-2-1-3-5-14/h1-5,15-16H,6-13H2/t15-,16-/m1/s1. The third kappa shape index (κ3) is 4.50. The van der Waals surface area contributed by atoms with Crippen molar-refractivity contribution in [1.82, 2.24) is 9.80 Å². The van der Waals surface area contributed by atoms with E-state index in [1.807, 2.05) is 18.2 Å². The summed E-state index contributed by atoms with van der Waals surface area (Å²) in [7, 11) is 0. The Morgan fingerprint density at radius 2 is 1.83 bits per heavy atom. The number of piperidine rings is 1. The predicted octanol–water partition coefficient (Wildman–Crippen LogP) is 3.45. The van der Waals surface area contributed by atoms with Gasteiger partial charge in [-0.3, -0.25) is 9.69 Å². The number of hydrogen-bond donors (Lipinski definition) is 0. The summed E-state index contributed by atoms with van der Waals surface area (Å²) in [5.41, 5.74) is 1.24. The number of halogens is 3. The Morgan fingerprint density at radius 1 is 1.08 bits per heavy atom. The average Bonchev–Trinajstić information content (AvgIpc) is 2.85. The number of hydrogen-bond acceptors (Lipinski definition) is 2. The summed E-state index contributed by atoms with van der Waals surface area (Å²) < 4.78 is 37.1. The third-order valence-corrected chi connectivity index (χ3v) is 5.03. The van der Waals surface area contributed by atoms with E-state index in [2.05, 4.69) is 17.0 Å². The number of nitrogens with zero attached hydrogens (tertiary/aromatic N) is 2. The highest BCUT2D eigenvalue weighted by atomic mass is 19.4. The van der Waals surface area contributed by atoms with Crippen molar-refractivity contribution in [2.45, 2.75) is 44.4 Å². The van der Waals surface area contributed by atoms with Gasteiger partial charge in [0.15, 0.2) is 0 Å². The van der Waals surface area contributed by atoms with Crippen LogP contribution in [-0.4, -0.2) is 47.6 Å². The molecule has 0 spiro atoms. The van der Waals surface area contributed by atoms with Crippen LogP contribution in [0.5, 0.6) is 0 Å².